The predicted octanol–water partition coefficient (Wildman–Crippen LogP) is 1.92. The number of alkyl halides is 2. The Balaban J connectivity index is 3.29. The van der Waals surface area contributed by atoms with Gasteiger partial charge in [0, 0.05) is 5.33 Å². The molecule has 2 atom stereocenters. The van der Waals surface area contributed by atoms with Gasteiger partial charge in [0.25, 0.3) is 0 Å². The van der Waals surface area contributed by atoms with Gasteiger partial charge in [-0.25, -0.2) is 0 Å². The minimum atomic E-state index is -0.214. The Hall–Kier alpha value is 0.920. The highest BCUT2D eigenvalue weighted by Crippen LogP contribution is 2.10. The van der Waals surface area contributed by atoms with Gasteiger partial charge in [0.15, 0.2) is 0 Å². The summed E-state index contributed by atoms with van der Waals surface area (Å²) in [5.74, 6) is 0. The van der Waals surface area contributed by atoms with Gasteiger partial charge in [0.05, 0.1) is 10.9 Å². The fraction of sp³-hybridized carbons (Fsp3) is 1.00. The van der Waals surface area contributed by atoms with Gasteiger partial charge >= 0.3 is 0 Å². The minimum absolute atomic E-state index is 0.201. The highest BCUT2D eigenvalue weighted by atomic mass is 79.9. The lowest BCUT2D eigenvalue weighted by atomic mass is 10.2. The largest absolute Gasteiger partial charge is 0.392 e. The Kier molecular flexibility index (Phi) is 5.31. The van der Waals surface area contributed by atoms with E-state index in [2.05, 4.69) is 31.9 Å². The molecular formula is C5H10Br2O. The van der Waals surface area contributed by atoms with E-state index in [0.717, 1.165) is 11.8 Å². The van der Waals surface area contributed by atoms with Crippen LogP contribution in [0.2, 0.25) is 0 Å². The average molecular weight is 246 g/mol. The van der Waals surface area contributed by atoms with Crippen molar-refractivity contribution in [2.45, 2.75) is 24.3 Å². The third-order valence-electron chi connectivity index (χ3n) is 0.983. The highest BCUT2D eigenvalue weighted by molar-refractivity contribution is 9.12. The number of hydrogen-bond donors (Lipinski definition) is 1. The van der Waals surface area contributed by atoms with E-state index in [9.17, 15) is 0 Å². The van der Waals surface area contributed by atoms with Crippen LogP contribution < -0.4 is 0 Å². The zero-order valence-corrected chi connectivity index (χ0v) is 7.94. The maximum atomic E-state index is 9.05. The summed E-state index contributed by atoms with van der Waals surface area (Å²) in [7, 11) is 0. The molecule has 0 aromatic heterocycles. The van der Waals surface area contributed by atoms with Gasteiger partial charge in [-0.3, -0.25) is 0 Å². The molecule has 0 amide bonds. The summed E-state index contributed by atoms with van der Waals surface area (Å²) in [6, 6.07) is 0. The molecule has 0 aromatic carbocycles. The van der Waals surface area contributed by atoms with E-state index in [1.807, 2.05) is 6.92 Å². The lowest BCUT2D eigenvalue weighted by molar-refractivity contribution is 0.175. The lowest BCUT2D eigenvalue weighted by Crippen LogP contribution is -2.19. The van der Waals surface area contributed by atoms with Crippen LogP contribution in [0.5, 0.6) is 0 Å². The van der Waals surface area contributed by atoms with Crippen LogP contribution in [0.3, 0.4) is 0 Å². The minimum Gasteiger partial charge on any atom is -0.392 e. The van der Waals surface area contributed by atoms with Crippen LogP contribution in [0, 0.1) is 0 Å². The van der Waals surface area contributed by atoms with Crippen LogP contribution >= 0.6 is 31.9 Å². The molecule has 0 bridgehead atoms. The van der Waals surface area contributed by atoms with Gasteiger partial charge < -0.3 is 5.11 Å². The summed E-state index contributed by atoms with van der Waals surface area (Å²) in [6.07, 6.45) is 0.594. The van der Waals surface area contributed by atoms with Crippen molar-refractivity contribution in [3.8, 4) is 0 Å². The molecule has 0 fully saturated rings. The molecule has 1 nitrogen and oxygen atoms in total. The van der Waals surface area contributed by atoms with E-state index in [0.29, 0.717) is 0 Å². The summed E-state index contributed by atoms with van der Waals surface area (Å²) in [4.78, 5) is 0.201. The fourth-order valence-corrected chi connectivity index (χ4v) is 1.16. The van der Waals surface area contributed by atoms with Crippen LogP contribution in [0.25, 0.3) is 0 Å². The molecule has 50 valence electrons. The van der Waals surface area contributed by atoms with Gasteiger partial charge in [-0.2, -0.15) is 0 Å². The van der Waals surface area contributed by atoms with Crippen molar-refractivity contribution >= 4 is 31.9 Å². The van der Waals surface area contributed by atoms with Crippen LogP contribution in [-0.4, -0.2) is 21.4 Å². The molecule has 0 aliphatic carbocycles. The predicted molar refractivity (Wildman–Crippen MR) is 42.8 cm³/mol. The van der Waals surface area contributed by atoms with E-state index in [-0.39, 0.29) is 10.9 Å². The molecule has 1 N–H and O–H groups in total. The maximum absolute atomic E-state index is 9.05. The number of aliphatic hydroxyl groups is 1. The second-order valence-corrected chi connectivity index (χ2v) is 3.47. The first-order valence-electron chi connectivity index (χ1n) is 2.60. The van der Waals surface area contributed by atoms with Gasteiger partial charge in [-0.05, 0) is 6.42 Å². The molecule has 0 spiro atoms. The highest BCUT2D eigenvalue weighted by Gasteiger charge is 2.10. The Morgan fingerprint density at radius 3 is 2.25 bits per heavy atom. The second kappa shape index (κ2) is 4.77. The van der Waals surface area contributed by atoms with E-state index in [4.69, 9.17) is 5.11 Å². The standard InChI is InChI=1S/C5H10Br2O/c1-2-5(8)4(7)3-6/h4-5,8H,2-3H2,1H3/t4-,5-/m1/s1. The van der Waals surface area contributed by atoms with Crippen molar-refractivity contribution in [3.05, 3.63) is 0 Å². The summed E-state index contributed by atoms with van der Waals surface area (Å²) in [6.45, 7) is 1.96. The molecule has 0 aromatic rings. The number of rotatable bonds is 3. The molecular weight excluding hydrogens is 236 g/mol. The lowest BCUT2D eigenvalue weighted by Gasteiger charge is -2.10. The fourth-order valence-electron chi connectivity index (χ4n) is 0.359. The summed E-state index contributed by atoms with van der Waals surface area (Å²) in [5.41, 5.74) is 0. The van der Waals surface area contributed by atoms with Crippen molar-refractivity contribution in [1.82, 2.24) is 0 Å². The first kappa shape index (κ1) is 8.92. The molecule has 0 aliphatic heterocycles. The van der Waals surface area contributed by atoms with Crippen LogP contribution in [0.4, 0.5) is 0 Å². The first-order chi connectivity index (χ1) is 3.72. The molecule has 0 radical (unpaired) electrons. The second-order valence-electron chi connectivity index (χ2n) is 1.65. The monoisotopic (exact) mass is 244 g/mol. The number of aliphatic hydroxyl groups excluding tert-OH is 1. The first-order valence-corrected chi connectivity index (χ1v) is 4.64. The topological polar surface area (TPSA) is 20.2 Å². The third kappa shape index (κ3) is 3.05. The number of hydrogen-bond acceptors (Lipinski definition) is 1. The summed E-state index contributed by atoms with van der Waals surface area (Å²) < 4.78 is 0. The summed E-state index contributed by atoms with van der Waals surface area (Å²) in [5, 5.41) is 9.86. The van der Waals surface area contributed by atoms with E-state index in [1.165, 1.54) is 0 Å². The molecule has 0 unspecified atom stereocenters. The quantitative estimate of drug-likeness (QED) is 0.754. The normalized spacial score (nSPS) is 18.0. The molecule has 0 saturated carbocycles. The smallest absolute Gasteiger partial charge is 0.0670 e. The van der Waals surface area contributed by atoms with Crippen molar-refractivity contribution in [2.75, 3.05) is 5.33 Å². The maximum Gasteiger partial charge on any atom is 0.0670 e. The Labute approximate surface area is 66.7 Å². The Bertz CT molecular complexity index is 50.4. The molecule has 0 heterocycles. The molecule has 0 saturated heterocycles. The molecule has 8 heavy (non-hydrogen) atoms. The van der Waals surface area contributed by atoms with Crippen molar-refractivity contribution in [2.24, 2.45) is 0 Å². The van der Waals surface area contributed by atoms with Crippen LogP contribution in [-0.2, 0) is 0 Å². The Morgan fingerprint density at radius 2 is 2.12 bits per heavy atom. The van der Waals surface area contributed by atoms with E-state index >= 15 is 0 Å². The van der Waals surface area contributed by atoms with Crippen LogP contribution in [0.15, 0.2) is 0 Å². The Morgan fingerprint density at radius 1 is 1.62 bits per heavy atom. The summed E-state index contributed by atoms with van der Waals surface area (Å²) >= 11 is 6.55. The average Bonchev–Trinajstić information content (AvgIpc) is 1.84. The zero-order chi connectivity index (χ0) is 6.57. The van der Waals surface area contributed by atoms with Gasteiger partial charge in [0.2, 0.25) is 0 Å². The van der Waals surface area contributed by atoms with E-state index < -0.39 is 0 Å². The molecule has 0 aliphatic rings. The number of halogens is 2. The van der Waals surface area contributed by atoms with Gasteiger partial charge in [-0.15, -0.1) is 0 Å². The molecule has 3 heteroatoms. The van der Waals surface area contributed by atoms with E-state index in [1.54, 1.807) is 0 Å². The van der Waals surface area contributed by atoms with Crippen molar-refractivity contribution in [1.29, 1.82) is 0 Å². The van der Waals surface area contributed by atoms with Crippen molar-refractivity contribution in [3.63, 3.8) is 0 Å². The van der Waals surface area contributed by atoms with Crippen LogP contribution in [0.1, 0.15) is 13.3 Å². The van der Waals surface area contributed by atoms with Gasteiger partial charge in [0.1, 0.15) is 0 Å². The van der Waals surface area contributed by atoms with Gasteiger partial charge in [-0.1, -0.05) is 38.8 Å². The third-order valence-corrected chi connectivity index (χ3v) is 3.48. The molecule has 0 rings (SSSR count). The van der Waals surface area contributed by atoms with Crippen molar-refractivity contribution < 1.29 is 5.11 Å². The zero-order valence-electron chi connectivity index (χ0n) is 4.77. The SMILES string of the molecule is CC[C@@H](O)[C@H](Br)CBr.